The van der Waals surface area contributed by atoms with E-state index in [1.54, 1.807) is 12.1 Å². The van der Waals surface area contributed by atoms with Crippen molar-refractivity contribution < 1.29 is 4.39 Å². The summed E-state index contributed by atoms with van der Waals surface area (Å²) in [7, 11) is 0. The molecule has 0 aliphatic heterocycles. The average Bonchev–Trinajstić information content (AvgIpc) is 2.99. The van der Waals surface area contributed by atoms with Crippen molar-refractivity contribution in [2.45, 2.75) is 27.3 Å². The molecule has 0 unspecified atom stereocenters. The Kier molecular flexibility index (Phi) is 4.81. The highest BCUT2D eigenvalue weighted by Gasteiger charge is 2.19. The fourth-order valence-corrected chi connectivity index (χ4v) is 4.65. The second kappa shape index (κ2) is 7.15. The fraction of sp³-hybridized carbons (Fsp3) is 0.182. The van der Waals surface area contributed by atoms with E-state index in [1.165, 1.54) is 28.3 Å². The van der Waals surface area contributed by atoms with Crippen LogP contribution in [0.2, 0.25) is 5.02 Å². The van der Waals surface area contributed by atoms with Gasteiger partial charge in [-0.3, -0.25) is 9.36 Å². The van der Waals surface area contributed by atoms with Gasteiger partial charge in [-0.15, -0.1) is 11.3 Å². The van der Waals surface area contributed by atoms with Gasteiger partial charge in [-0.2, -0.15) is 0 Å². The SMILES string of the molecule is Cc1ccc(C)c(-c2c(C)sc3ncn(Cc4c(F)cccc4Cl)c(=O)c23)c1. The number of nitrogens with zero attached hydrogens (tertiary/aromatic N) is 2. The van der Waals surface area contributed by atoms with Crippen molar-refractivity contribution >= 4 is 33.2 Å². The van der Waals surface area contributed by atoms with Gasteiger partial charge >= 0.3 is 0 Å². The van der Waals surface area contributed by atoms with Crippen molar-refractivity contribution in [2.75, 3.05) is 0 Å². The number of aryl methyl sites for hydroxylation is 3. The van der Waals surface area contributed by atoms with E-state index >= 15 is 0 Å². The van der Waals surface area contributed by atoms with E-state index in [1.807, 2.05) is 20.8 Å². The first-order valence-electron chi connectivity index (χ1n) is 8.86. The zero-order valence-electron chi connectivity index (χ0n) is 15.7. The van der Waals surface area contributed by atoms with Crippen LogP contribution in [0.4, 0.5) is 4.39 Å². The van der Waals surface area contributed by atoms with Gasteiger partial charge in [0.25, 0.3) is 5.56 Å². The number of rotatable bonds is 3. The van der Waals surface area contributed by atoms with Crippen LogP contribution in [0.15, 0.2) is 47.5 Å². The van der Waals surface area contributed by atoms with Gasteiger partial charge in [-0.25, -0.2) is 9.37 Å². The molecule has 0 saturated heterocycles. The third-order valence-electron chi connectivity index (χ3n) is 4.91. The van der Waals surface area contributed by atoms with Crippen LogP contribution in [0.5, 0.6) is 0 Å². The lowest BCUT2D eigenvalue weighted by molar-refractivity contribution is 0.595. The number of hydrogen-bond acceptors (Lipinski definition) is 3. The van der Waals surface area contributed by atoms with Gasteiger partial charge in [0, 0.05) is 21.0 Å². The van der Waals surface area contributed by atoms with Crippen LogP contribution in [0.1, 0.15) is 21.6 Å². The molecule has 0 atom stereocenters. The van der Waals surface area contributed by atoms with E-state index in [-0.39, 0.29) is 17.7 Å². The maximum Gasteiger partial charge on any atom is 0.263 e. The van der Waals surface area contributed by atoms with Crippen molar-refractivity contribution in [1.82, 2.24) is 9.55 Å². The normalized spacial score (nSPS) is 11.3. The number of halogens is 2. The minimum atomic E-state index is -0.434. The van der Waals surface area contributed by atoms with Gasteiger partial charge < -0.3 is 0 Å². The van der Waals surface area contributed by atoms with Crippen LogP contribution in [-0.2, 0) is 6.54 Å². The topological polar surface area (TPSA) is 34.9 Å². The summed E-state index contributed by atoms with van der Waals surface area (Å²) in [5.41, 5.74) is 4.26. The molecule has 142 valence electrons. The molecule has 0 spiro atoms. The molecular formula is C22H18ClFN2OS. The molecule has 28 heavy (non-hydrogen) atoms. The Morgan fingerprint density at radius 1 is 1.18 bits per heavy atom. The summed E-state index contributed by atoms with van der Waals surface area (Å²) in [4.78, 5) is 19.5. The maximum atomic E-state index is 14.2. The molecule has 4 rings (SSSR count). The number of hydrogen-bond donors (Lipinski definition) is 0. The molecule has 0 aliphatic rings. The van der Waals surface area contributed by atoms with Crippen LogP contribution < -0.4 is 5.56 Å². The molecule has 0 amide bonds. The summed E-state index contributed by atoms with van der Waals surface area (Å²) >= 11 is 7.64. The summed E-state index contributed by atoms with van der Waals surface area (Å²) in [5.74, 6) is -0.434. The first kappa shape index (κ1) is 18.8. The Bertz CT molecular complexity index is 1260. The van der Waals surface area contributed by atoms with E-state index in [9.17, 15) is 9.18 Å². The van der Waals surface area contributed by atoms with Crippen molar-refractivity contribution in [1.29, 1.82) is 0 Å². The molecule has 0 fully saturated rings. The van der Waals surface area contributed by atoms with Gasteiger partial charge in [0.15, 0.2) is 0 Å². The van der Waals surface area contributed by atoms with E-state index in [0.717, 1.165) is 27.1 Å². The molecule has 0 aliphatic carbocycles. The van der Waals surface area contributed by atoms with E-state index in [4.69, 9.17) is 11.6 Å². The minimum absolute atomic E-state index is 0.0361. The average molecular weight is 413 g/mol. The zero-order valence-corrected chi connectivity index (χ0v) is 17.3. The first-order valence-corrected chi connectivity index (χ1v) is 10.1. The highest BCUT2D eigenvalue weighted by Crippen LogP contribution is 2.37. The molecule has 2 heterocycles. The molecular weight excluding hydrogens is 395 g/mol. The Morgan fingerprint density at radius 2 is 1.96 bits per heavy atom. The summed E-state index contributed by atoms with van der Waals surface area (Å²) in [6.07, 6.45) is 1.47. The van der Waals surface area contributed by atoms with Crippen molar-refractivity contribution in [2.24, 2.45) is 0 Å². The van der Waals surface area contributed by atoms with E-state index in [2.05, 4.69) is 23.2 Å². The van der Waals surface area contributed by atoms with Crippen LogP contribution in [0.3, 0.4) is 0 Å². The summed E-state index contributed by atoms with van der Waals surface area (Å²) < 4.78 is 15.6. The van der Waals surface area contributed by atoms with Crippen molar-refractivity contribution in [3.8, 4) is 11.1 Å². The van der Waals surface area contributed by atoms with Gasteiger partial charge in [0.05, 0.1) is 18.3 Å². The van der Waals surface area contributed by atoms with E-state index < -0.39 is 5.82 Å². The maximum absolute atomic E-state index is 14.2. The molecule has 0 bridgehead atoms. The predicted molar refractivity (Wildman–Crippen MR) is 114 cm³/mol. The highest BCUT2D eigenvalue weighted by molar-refractivity contribution is 7.19. The fourth-order valence-electron chi connectivity index (χ4n) is 3.43. The number of fused-ring (bicyclic) bond motifs is 1. The zero-order chi connectivity index (χ0) is 20.0. The van der Waals surface area contributed by atoms with Gasteiger partial charge in [-0.1, -0.05) is 41.4 Å². The molecule has 0 N–H and O–H groups in total. The Hall–Kier alpha value is -2.50. The molecule has 0 radical (unpaired) electrons. The molecule has 0 saturated carbocycles. The number of thiophene rings is 1. The predicted octanol–water partition coefficient (Wildman–Crippen LogP) is 5.89. The molecule has 3 nitrogen and oxygen atoms in total. The summed E-state index contributed by atoms with van der Waals surface area (Å²) in [6, 6.07) is 10.7. The molecule has 2 aromatic carbocycles. The second-order valence-electron chi connectivity index (χ2n) is 6.91. The van der Waals surface area contributed by atoms with Crippen LogP contribution in [0.25, 0.3) is 21.3 Å². The quantitative estimate of drug-likeness (QED) is 0.420. The molecule has 2 aromatic heterocycles. The second-order valence-corrected chi connectivity index (χ2v) is 8.52. The Morgan fingerprint density at radius 3 is 2.71 bits per heavy atom. The summed E-state index contributed by atoms with van der Waals surface area (Å²) in [6.45, 7) is 6.10. The van der Waals surface area contributed by atoms with Crippen molar-refractivity contribution in [3.05, 3.63) is 85.5 Å². The van der Waals surface area contributed by atoms with E-state index in [0.29, 0.717) is 15.2 Å². The van der Waals surface area contributed by atoms with Crippen LogP contribution >= 0.6 is 22.9 Å². The Balaban J connectivity index is 1.95. The third-order valence-corrected chi connectivity index (χ3v) is 6.27. The highest BCUT2D eigenvalue weighted by atomic mass is 35.5. The molecule has 6 heteroatoms. The smallest absolute Gasteiger partial charge is 0.263 e. The molecule has 4 aromatic rings. The first-order chi connectivity index (χ1) is 13.4. The van der Waals surface area contributed by atoms with Crippen LogP contribution in [-0.4, -0.2) is 9.55 Å². The lowest BCUT2D eigenvalue weighted by Gasteiger charge is -2.10. The van der Waals surface area contributed by atoms with Crippen LogP contribution in [0, 0.1) is 26.6 Å². The van der Waals surface area contributed by atoms with Gasteiger partial charge in [-0.05, 0) is 44.0 Å². The lowest BCUT2D eigenvalue weighted by Crippen LogP contribution is -2.21. The number of aromatic nitrogens is 2. The summed E-state index contributed by atoms with van der Waals surface area (Å²) in [5, 5.41) is 0.870. The monoisotopic (exact) mass is 412 g/mol. The number of benzene rings is 2. The lowest BCUT2D eigenvalue weighted by atomic mass is 9.97. The van der Waals surface area contributed by atoms with Crippen molar-refractivity contribution in [3.63, 3.8) is 0 Å². The largest absolute Gasteiger partial charge is 0.294 e. The van der Waals surface area contributed by atoms with Gasteiger partial charge in [0.2, 0.25) is 0 Å². The third kappa shape index (κ3) is 3.15. The standard InChI is InChI=1S/C22H18ClFN2OS/c1-12-7-8-13(2)15(9-12)19-14(3)28-21-20(19)22(27)26(11-25-21)10-16-17(23)5-4-6-18(16)24/h4-9,11H,10H2,1-3H3. The Labute approximate surface area is 171 Å². The van der Waals surface area contributed by atoms with Gasteiger partial charge in [0.1, 0.15) is 10.6 Å². The minimum Gasteiger partial charge on any atom is -0.294 e.